The minimum Gasteiger partial charge on any atom is -0.312 e. The van der Waals surface area contributed by atoms with E-state index in [1.807, 2.05) is 40.7 Å². The number of piperidine rings is 1. The van der Waals surface area contributed by atoms with Gasteiger partial charge in [-0.15, -0.1) is 0 Å². The number of aliphatic imine (C=N–C) groups is 1. The molecule has 224 valence electrons. The molecular formula is C31H44N4O5S. The van der Waals surface area contributed by atoms with Gasteiger partial charge in [-0.05, 0) is 94.9 Å². The SMILES string of the molecule is Cc1cc2c(c(C)c1CCS(=O)(=O)N1CCC3(CC1)N=C(C1CCC(C)CC1)NC3=O)C(=O)N(C(C)(C)C)C(=O)C2. The lowest BCUT2D eigenvalue weighted by Crippen LogP contribution is -2.53. The van der Waals surface area contributed by atoms with Gasteiger partial charge in [-0.3, -0.25) is 24.3 Å². The zero-order chi connectivity index (χ0) is 29.9. The summed E-state index contributed by atoms with van der Waals surface area (Å²) < 4.78 is 28.4. The molecule has 1 saturated carbocycles. The maximum atomic E-state index is 13.5. The quantitative estimate of drug-likeness (QED) is 0.530. The first-order valence-electron chi connectivity index (χ1n) is 15.0. The maximum Gasteiger partial charge on any atom is 0.261 e. The lowest BCUT2D eigenvalue weighted by atomic mass is 9.82. The number of hydrogen-bond donors (Lipinski definition) is 1. The van der Waals surface area contributed by atoms with Gasteiger partial charge in [0, 0.05) is 30.1 Å². The van der Waals surface area contributed by atoms with Crippen molar-refractivity contribution in [2.24, 2.45) is 16.8 Å². The van der Waals surface area contributed by atoms with Gasteiger partial charge in [0.2, 0.25) is 15.9 Å². The number of amidine groups is 1. The van der Waals surface area contributed by atoms with Crippen LogP contribution >= 0.6 is 0 Å². The number of nitrogens with one attached hydrogen (secondary N) is 1. The summed E-state index contributed by atoms with van der Waals surface area (Å²) in [5.74, 6) is 1.10. The summed E-state index contributed by atoms with van der Waals surface area (Å²) in [7, 11) is -3.59. The summed E-state index contributed by atoms with van der Waals surface area (Å²) >= 11 is 0. The average Bonchev–Trinajstić information content (AvgIpc) is 3.18. The molecule has 3 heterocycles. The van der Waals surface area contributed by atoms with Crippen molar-refractivity contribution in [3.8, 4) is 0 Å². The molecule has 41 heavy (non-hydrogen) atoms. The molecule has 0 bridgehead atoms. The van der Waals surface area contributed by atoms with Crippen molar-refractivity contribution in [2.75, 3.05) is 18.8 Å². The van der Waals surface area contributed by atoms with Crippen LogP contribution in [0.1, 0.15) is 98.8 Å². The number of benzene rings is 1. The van der Waals surface area contributed by atoms with Crippen molar-refractivity contribution in [1.82, 2.24) is 14.5 Å². The van der Waals surface area contributed by atoms with Crippen LogP contribution in [-0.2, 0) is 32.5 Å². The highest BCUT2D eigenvalue weighted by atomic mass is 32.2. The number of amides is 3. The fourth-order valence-electron chi connectivity index (χ4n) is 7.18. The number of carbonyl (C=O) groups excluding carboxylic acids is 3. The van der Waals surface area contributed by atoms with Crippen LogP contribution in [0.15, 0.2) is 11.1 Å². The van der Waals surface area contributed by atoms with Crippen LogP contribution in [0.5, 0.6) is 0 Å². The minimum absolute atomic E-state index is 0.0858. The number of nitrogens with zero attached hydrogens (tertiary/aromatic N) is 3. The number of aryl methyl sites for hydroxylation is 1. The third kappa shape index (κ3) is 5.49. The summed E-state index contributed by atoms with van der Waals surface area (Å²) in [4.78, 5) is 45.4. The molecule has 4 aliphatic rings. The molecule has 1 aromatic rings. The van der Waals surface area contributed by atoms with Gasteiger partial charge in [0.25, 0.3) is 11.8 Å². The van der Waals surface area contributed by atoms with Gasteiger partial charge < -0.3 is 5.32 Å². The number of sulfonamides is 1. The van der Waals surface area contributed by atoms with E-state index >= 15 is 0 Å². The summed E-state index contributed by atoms with van der Waals surface area (Å²) in [5, 5.41) is 3.05. The van der Waals surface area contributed by atoms with Crippen LogP contribution in [-0.4, -0.2) is 71.1 Å². The first-order valence-corrected chi connectivity index (χ1v) is 16.6. The Morgan fingerprint density at radius 3 is 2.29 bits per heavy atom. The van der Waals surface area contributed by atoms with E-state index < -0.39 is 21.1 Å². The molecule has 1 saturated heterocycles. The second-order valence-corrected chi connectivity index (χ2v) is 15.7. The molecule has 1 spiro atoms. The van der Waals surface area contributed by atoms with Gasteiger partial charge in [0.1, 0.15) is 11.4 Å². The molecule has 9 nitrogen and oxygen atoms in total. The van der Waals surface area contributed by atoms with Gasteiger partial charge in [-0.2, -0.15) is 0 Å². The molecule has 1 N–H and O–H groups in total. The molecule has 3 amide bonds. The van der Waals surface area contributed by atoms with Gasteiger partial charge in [-0.25, -0.2) is 12.7 Å². The van der Waals surface area contributed by atoms with E-state index in [9.17, 15) is 22.8 Å². The molecule has 0 atom stereocenters. The van der Waals surface area contributed by atoms with E-state index in [2.05, 4.69) is 12.2 Å². The van der Waals surface area contributed by atoms with Crippen molar-refractivity contribution < 1.29 is 22.8 Å². The van der Waals surface area contributed by atoms with Gasteiger partial charge in [0.15, 0.2) is 0 Å². The highest BCUT2D eigenvalue weighted by Gasteiger charge is 2.48. The van der Waals surface area contributed by atoms with E-state index in [1.54, 1.807) is 0 Å². The third-order valence-electron chi connectivity index (χ3n) is 9.65. The molecule has 2 fully saturated rings. The molecule has 1 aromatic carbocycles. The van der Waals surface area contributed by atoms with Gasteiger partial charge in [0.05, 0.1) is 12.2 Å². The summed E-state index contributed by atoms with van der Waals surface area (Å²) in [6.07, 6.45) is 5.55. The van der Waals surface area contributed by atoms with Crippen molar-refractivity contribution in [3.63, 3.8) is 0 Å². The Morgan fingerprint density at radius 1 is 1.05 bits per heavy atom. The largest absolute Gasteiger partial charge is 0.312 e. The monoisotopic (exact) mass is 584 g/mol. The smallest absolute Gasteiger partial charge is 0.261 e. The standard InChI is InChI=1S/C31H44N4O5S/c1-19-7-9-22(10-8-19)27-32-29(38)31(33-27)12-14-34(15-13-31)41(39,40)16-11-24-20(2)17-23-18-25(36)35(30(4,5)6)28(37)26(23)21(24)3/h17,19,22H,7-16,18H2,1-6H3,(H,32,33,38). The Kier molecular flexibility index (Phi) is 7.72. The number of rotatable bonds is 5. The van der Waals surface area contributed by atoms with Gasteiger partial charge in [-0.1, -0.05) is 25.8 Å². The lowest BCUT2D eigenvalue weighted by Gasteiger charge is -2.38. The fraction of sp³-hybridized carbons (Fsp3) is 0.677. The summed E-state index contributed by atoms with van der Waals surface area (Å²) in [6.45, 7) is 12.1. The van der Waals surface area contributed by atoms with E-state index in [-0.39, 0.29) is 49.4 Å². The molecule has 10 heteroatoms. The maximum absolute atomic E-state index is 13.5. The second kappa shape index (κ2) is 10.6. The van der Waals surface area contributed by atoms with Crippen molar-refractivity contribution in [1.29, 1.82) is 0 Å². The molecule has 3 aliphatic heterocycles. The molecule has 0 aromatic heterocycles. The Labute approximate surface area is 244 Å². The van der Waals surface area contributed by atoms with E-state index in [0.717, 1.165) is 48.2 Å². The zero-order valence-corrected chi connectivity index (χ0v) is 26.1. The number of hydrogen-bond acceptors (Lipinski definition) is 6. The van der Waals surface area contributed by atoms with Crippen LogP contribution in [0.2, 0.25) is 0 Å². The van der Waals surface area contributed by atoms with Crippen molar-refractivity contribution in [2.45, 2.75) is 104 Å². The van der Waals surface area contributed by atoms with Crippen LogP contribution in [0.25, 0.3) is 0 Å². The fourth-order valence-corrected chi connectivity index (χ4v) is 8.64. The molecule has 1 aliphatic carbocycles. The second-order valence-electron chi connectivity index (χ2n) is 13.6. The molecular weight excluding hydrogens is 540 g/mol. The highest BCUT2D eigenvalue weighted by molar-refractivity contribution is 7.89. The van der Waals surface area contributed by atoms with E-state index in [1.165, 1.54) is 9.21 Å². The highest BCUT2D eigenvalue weighted by Crippen LogP contribution is 2.36. The molecule has 0 radical (unpaired) electrons. The van der Waals surface area contributed by atoms with E-state index in [0.29, 0.717) is 35.8 Å². The van der Waals surface area contributed by atoms with Crippen LogP contribution in [0.4, 0.5) is 0 Å². The topological polar surface area (TPSA) is 116 Å². The molecule has 0 unspecified atom stereocenters. The summed E-state index contributed by atoms with van der Waals surface area (Å²) in [5.41, 5.74) is 2.21. The van der Waals surface area contributed by atoms with Crippen LogP contribution in [0, 0.1) is 25.7 Å². The van der Waals surface area contributed by atoms with Crippen LogP contribution < -0.4 is 5.32 Å². The minimum atomic E-state index is -3.59. The van der Waals surface area contributed by atoms with Gasteiger partial charge >= 0.3 is 0 Å². The van der Waals surface area contributed by atoms with Crippen molar-refractivity contribution in [3.05, 3.63) is 33.9 Å². The Bertz CT molecular complexity index is 1410. The zero-order valence-electron chi connectivity index (χ0n) is 25.3. The first kappa shape index (κ1) is 29.9. The molecule has 5 rings (SSSR count). The summed E-state index contributed by atoms with van der Waals surface area (Å²) in [6, 6.07) is 1.87. The number of imide groups is 1. The normalized spacial score (nSPS) is 25.4. The first-order chi connectivity index (χ1) is 19.1. The predicted molar refractivity (Wildman–Crippen MR) is 158 cm³/mol. The predicted octanol–water partition coefficient (Wildman–Crippen LogP) is 3.69. The Balaban J connectivity index is 1.27. The third-order valence-corrected chi connectivity index (χ3v) is 11.5. The Hall–Kier alpha value is -2.59. The van der Waals surface area contributed by atoms with Crippen molar-refractivity contribution >= 4 is 33.6 Å². The Morgan fingerprint density at radius 2 is 1.68 bits per heavy atom. The van der Waals surface area contributed by atoms with E-state index in [4.69, 9.17) is 4.99 Å². The number of carbonyl (C=O) groups is 3. The lowest BCUT2D eigenvalue weighted by molar-refractivity contribution is -0.132. The van der Waals surface area contributed by atoms with Crippen LogP contribution in [0.3, 0.4) is 0 Å². The average molecular weight is 585 g/mol. The number of fused-ring (bicyclic) bond motifs is 1.